The molecule has 0 amide bonds. The molecular weight excluding hydrogens is 266 g/mol. The number of benzene rings is 1. The Hall–Kier alpha value is -1.17. The average Bonchev–Trinajstić information content (AvgIpc) is 2.86. The SMILES string of the molecule is Cc1ccc(CCNS(=O)(=O)c2cccs2)cc1. The van der Waals surface area contributed by atoms with E-state index in [4.69, 9.17) is 0 Å². The standard InChI is InChI=1S/C13H15NO2S2/c1-11-4-6-12(7-5-11)8-9-14-18(15,16)13-3-2-10-17-13/h2-7,10,14H,8-9H2,1H3. The van der Waals surface area contributed by atoms with Crippen molar-refractivity contribution in [1.82, 2.24) is 4.72 Å². The first-order chi connectivity index (χ1) is 8.58. The van der Waals surface area contributed by atoms with Crippen molar-refractivity contribution in [2.45, 2.75) is 17.6 Å². The van der Waals surface area contributed by atoms with Gasteiger partial charge >= 0.3 is 0 Å². The lowest BCUT2D eigenvalue weighted by Crippen LogP contribution is -2.25. The Bertz CT molecular complexity index is 586. The lowest BCUT2D eigenvalue weighted by molar-refractivity contribution is 0.584. The minimum Gasteiger partial charge on any atom is -0.210 e. The van der Waals surface area contributed by atoms with Crippen molar-refractivity contribution >= 4 is 21.4 Å². The van der Waals surface area contributed by atoms with Crippen LogP contribution in [0.5, 0.6) is 0 Å². The molecule has 0 unspecified atom stereocenters. The Morgan fingerprint density at radius 3 is 2.50 bits per heavy atom. The molecular formula is C13H15NO2S2. The fourth-order valence-electron chi connectivity index (χ4n) is 1.57. The molecule has 2 rings (SSSR count). The second kappa shape index (κ2) is 5.65. The van der Waals surface area contributed by atoms with Crippen molar-refractivity contribution < 1.29 is 8.42 Å². The molecule has 0 saturated carbocycles. The van der Waals surface area contributed by atoms with E-state index < -0.39 is 10.0 Å². The molecule has 1 heterocycles. The highest BCUT2D eigenvalue weighted by Crippen LogP contribution is 2.15. The summed E-state index contributed by atoms with van der Waals surface area (Å²) in [5.41, 5.74) is 2.34. The molecule has 1 aromatic heterocycles. The third kappa shape index (κ3) is 3.41. The molecule has 2 aromatic rings. The van der Waals surface area contributed by atoms with E-state index in [1.807, 2.05) is 31.2 Å². The van der Waals surface area contributed by atoms with Crippen LogP contribution in [-0.4, -0.2) is 15.0 Å². The van der Waals surface area contributed by atoms with Crippen molar-refractivity contribution in [2.24, 2.45) is 0 Å². The number of thiophene rings is 1. The summed E-state index contributed by atoms with van der Waals surface area (Å²) in [4.78, 5) is 0. The number of hydrogen-bond donors (Lipinski definition) is 1. The monoisotopic (exact) mass is 281 g/mol. The van der Waals surface area contributed by atoms with Crippen LogP contribution in [0, 0.1) is 6.92 Å². The molecule has 3 nitrogen and oxygen atoms in total. The lowest BCUT2D eigenvalue weighted by Gasteiger charge is -2.05. The highest BCUT2D eigenvalue weighted by molar-refractivity contribution is 7.91. The topological polar surface area (TPSA) is 46.2 Å². The van der Waals surface area contributed by atoms with E-state index >= 15 is 0 Å². The molecule has 0 spiro atoms. The van der Waals surface area contributed by atoms with Crippen LogP contribution in [0.2, 0.25) is 0 Å². The predicted octanol–water partition coefficient (Wildman–Crippen LogP) is 2.58. The largest absolute Gasteiger partial charge is 0.250 e. The molecule has 0 aliphatic heterocycles. The van der Waals surface area contributed by atoms with Crippen LogP contribution >= 0.6 is 11.3 Å². The summed E-state index contributed by atoms with van der Waals surface area (Å²) >= 11 is 1.23. The maximum Gasteiger partial charge on any atom is 0.250 e. The third-order valence-electron chi connectivity index (χ3n) is 2.59. The van der Waals surface area contributed by atoms with E-state index in [0.717, 1.165) is 5.56 Å². The summed E-state index contributed by atoms with van der Waals surface area (Å²) in [6.45, 7) is 2.45. The molecule has 0 fully saturated rings. The Balaban J connectivity index is 1.91. The molecule has 0 atom stereocenters. The van der Waals surface area contributed by atoms with Gasteiger partial charge in [-0.1, -0.05) is 35.9 Å². The zero-order valence-electron chi connectivity index (χ0n) is 10.1. The number of rotatable bonds is 5. The van der Waals surface area contributed by atoms with E-state index in [0.29, 0.717) is 17.2 Å². The molecule has 0 radical (unpaired) electrons. The quantitative estimate of drug-likeness (QED) is 0.915. The maximum absolute atomic E-state index is 11.8. The van der Waals surface area contributed by atoms with E-state index in [1.54, 1.807) is 17.5 Å². The van der Waals surface area contributed by atoms with Crippen LogP contribution in [0.4, 0.5) is 0 Å². The maximum atomic E-state index is 11.8. The molecule has 96 valence electrons. The molecule has 0 saturated heterocycles. The van der Waals surface area contributed by atoms with Crippen LogP contribution in [-0.2, 0) is 16.4 Å². The summed E-state index contributed by atoms with van der Waals surface area (Å²) in [6, 6.07) is 11.5. The summed E-state index contributed by atoms with van der Waals surface area (Å²) < 4.78 is 26.6. The van der Waals surface area contributed by atoms with Crippen molar-refractivity contribution in [3.05, 3.63) is 52.9 Å². The Morgan fingerprint density at radius 1 is 1.17 bits per heavy atom. The highest BCUT2D eigenvalue weighted by Gasteiger charge is 2.13. The van der Waals surface area contributed by atoms with Crippen molar-refractivity contribution in [1.29, 1.82) is 0 Å². The zero-order valence-corrected chi connectivity index (χ0v) is 11.7. The van der Waals surface area contributed by atoms with E-state index in [9.17, 15) is 8.42 Å². The first-order valence-electron chi connectivity index (χ1n) is 5.67. The van der Waals surface area contributed by atoms with Gasteiger partial charge in [0.05, 0.1) is 0 Å². The number of hydrogen-bond acceptors (Lipinski definition) is 3. The van der Waals surface area contributed by atoms with E-state index in [-0.39, 0.29) is 0 Å². The van der Waals surface area contributed by atoms with Crippen molar-refractivity contribution in [3.8, 4) is 0 Å². The predicted molar refractivity (Wildman–Crippen MR) is 74.4 cm³/mol. The number of aryl methyl sites for hydroxylation is 1. The Labute approximate surface area is 112 Å². The normalized spacial score (nSPS) is 11.6. The van der Waals surface area contributed by atoms with Crippen LogP contribution < -0.4 is 4.72 Å². The average molecular weight is 281 g/mol. The minimum absolute atomic E-state index is 0.367. The van der Waals surface area contributed by atoms with Gasteiger partial charge in [0, 0.05) is 6.54 Å². The number of nitrogens with one attached hydrogen (secondary N) is 1. The smallest absolute Gasteiger partial charge is 0.210 e. The molecule has 0 aliphatic carbocycles. The third-order valence-corrected chi connectivity index (χ3v) is 5.44. The Morgan fingerprint density at radius 2 is 1.89 bits per heavy atom. The highest BCUT2D eigenvalue weighted by atomic mass is 32.2. The second-order valence-corrected chi connectivity index (χ2v) is 7.01. The Kier molecular flexibility index (Phi) is 4.16. The number of sulfonamides is 1. The van der Waals surface area contributed by atoms with Gasteiger partial charge in [0.2, 0.25) is 10.0 Å². The van der Waals surface area contributed by atoms with Gasteiger partial charge in [-0.15, -0.1) is 11.3 Å². The van der Waals surface area contributed by atoms with Gasteiger partial charge in [0.25, 0.3) is 0 Å². The molecule has 0 bridgehead atoms. The van der Waals surface area contributed by atoms with Gasteiger partial charge in [-0.05, 0) is 30.4 Å². The molecule has 5 heteroatoms. The fraction of sp³-hybridized carbons (Fsp3) is 0.231. The van der Waals surface area contributed by atoms with E-state index in [1.165, 1.54) is 16.9 Å². The van der Waals surface area contributed by atoms with Crippen LogP contribution in [0.1, 0.15) is 11.1 Å². The van der Waals surface area contributed by atoms with Crippen molar-refractivity contribution in [3.63, 3.8) is 0 Å². The summed E-state index contributed by atoms with van der Waals surface area (Å²) in [5.74, 6) is 0. The van der Waals surface area contributed by atoms with Gasteiger partial charge in [-0.25, -0.2) is 13.1 Å². The lowest BCUT2D eigenvalue weighted by atomic mass is 10.1. The van der Waals surface area contributed by atoms with Crippen molar-refractivity contribution in [2.75, 3.05) is 6.54 Å². The fourth-order valence-corrected chi connectivity index (χ4v) is 3.64. The molecule has 18 heavy (non-hydrogen) atoms. The molecule has 1 N–H and O–H groups in total. The second-order valence-electron chi connectivity index (χ2n) is 4.07. The van der Waals surface area contributed by atoms with Gasteiger partial charge in [0.15, 0.2) is 0 Å². The van der Waals surface area contributed by atoms with Gasteiger partial charge in [-0.2, -0.15) is 0 Å². The summed E-state index contributed by atoms with van der Waals surface area (Å²) in [5, 5.41) is 1.76. The molecule has 0 aliphatic rings. The minimum atomic E-state index is -3.33. The zero-order chi connectivity index (χ0) is 13.0. The molecule has 1 aromatic carbocycles. The summed E-state index contributed by atoms with van der Waals surface area (Å²) in [6.07, 6.45) is 0.699. The van der Waals surface area contributed by atoms with Gasteiger partial charge in [-0.3, -0.25) is 0 Å². The van der Waals surface area contributed by atoms with Crippen LogP contribution in [0.25, 0.3) is 0 Å². The summed E-state index contributed by atoms with van der Waals surface area (Å²) in [7, 11) is -3.33. The van der Waals surface area contributed by atoms with E-state index in [2.05, 4.69) is 4.72 Å². The van der Waals surface area contributed by atoms with Crippen LogP contribution in [0.3, 0.4) is 0 Å². The van der Waals surface area contributed by atoms with Gasteiger partial charge in [0.1, 0.15) is 4.21 Å². The first kappa shape index (κ1) is 13.3. The first-order valence-corrected chi connectivity index (χ1v) is 8.03. The van der Waals surface area contributed by atoms with Crippen LogP contribution in [0.15, 0.2) is 46.0 Å². The van der Waals surface area contributed by atoms with Gasteiger partial charge < -0.3 is 0 Å².